The smallest absolute Gasteiger partial charge is 0.223 e. The average Bonchev–Trinajstić information content (AvgIpc) is 2.49. The van der Waals surface area contributed by atoms with Crippen molar-refractivity contribution < 1.29 is 13.5 Å². The first-order chi connectivity index (χ1) is 10.2. The predicted octanol–water partition coefficient (Wildman–Crippen LogP) is 3.14. The van der Waals surface area contributed by atoms with Gasteiger partial charge in [-0.1, -0.05) is 0 Å². The minimum Gasteiger partial charge on any atom is -0.436 e. The summed E-state index contributed by atoms with van der Waals surface area (Å²) in [5.41, 5.74) is 0.626. The van der Waals surface area contributed by atoms with E-state index in [0.29, 0.717) is 16.9 Å². The molecule has 0 amide bonds. The second kappa shape index (κ2) is 5.28. The summed E-state index contributed by atoms with van der Waals surface area (Å²) < 4.78 is 31.7. The van der Waals surface area contributed by atoms with Crippen LogP contribution in [0.25, 0.3) is 10.9 Å². The van der Waals surface area contributed by atoms with E-state index in [9.17, 15) is 8.78 Å². The van der Waals surface area contributed by atoms with E-state index in [1.54, 1.807) is 19.3 Å². The summed E-state index contributed by atoms with van der Waals surface area (Å²) in [5.74, 6) is -0.912. The molecule has 2 aromatic heterocycles. The number of nitrogens with one attached hydrogen (secondary N) is 1. The SMILES string of the molecule is CNc1ncc2cc(Oc3ccc(F)cc3F)ncc2n1. The van der Waals surface area contributed by atoms with Crippen LogP contribution in [0.2, 0.25) is 0 Å². The van der Waals surface area contributed by atoms with Gasteiger partial charge in [-0.15, -0.1) is 0 Å². The van der Waals surface area contributed by atoms with Crippen LogP contribution < -0.4 is 10.1 Å². The number of rotatable bonds is 3. The van der Waals surface area contributed by atoms with Crippen molar-refractivity contribution in [2.24, 2.45) is 0 Å². The third-order valence-corrected chi connectivity index (χ3v) is 2.77. The minimum absolute atomic E-state index is 0.101. The van der Waals surface area contributed by atoms with Crippen LogP contribution in [0.5, 0.6) is 11.6 Å². The van der Waals surface area contributed by atoms with Crippen molar-refractivity contribution >= 4 is 16.9 Å². The van der Waals surface area contributed by atoms with Crippen LogP contribution in [0, 0.1) is 11.6 Å². The maximum atomic E-state index is 13.5. The highest BCUT2D eigenvalue weighted by atomic mass is 19.1. The van der Waals surface area contributed by atoms with E-state index in [0.717, 1.165) is 12.1 Å². The highest BCUT2D eigenvalue weighted by molar-refractivity contribution is 5.78. The Morgan fingerprint density at radius 2 is 1.95 bits per heavy atom. The summed E-state index contributed by atoms with van der Waals surface area (Å²) in [6.45, 7) is 0. The van der Waals surface area contributed by atoms with Gasteiger partial charge in [0, 0.05) is 30.8 Å². The Balaban J connectivity index is 1.94. The summed E-state index contributed by atoms with van der Waals surface area (Å²) in [4.78, 5) is 12.3. The summed E-state index contributed by atoms with van der Waals surface area (Å²) in [5, 5.41) is 3.52. The zero-order valence-electron chi connectivity index (χ0n) is 11.0. The highest BCUT2D eigenvalue weighted by Gasteiger charge is 2.08. The molecule has 0 unspecified atom stereocenters. The number of anilines is 1. The Kier molecular flexibility index (Phi) is 3.31. The van der Waals surface area contributed by atoms with Crippen LogP contribution in [0.4, 0.5) is 14.7 Å². The standard InChI is InChI=1S/C14H10F2N4O/c1-17-14-19-6-8-4-13(18-7-11(8)20-14)21-12-3-2-9(15)5-10(12)16/h2-7H,1H3,(H,17,19,20). The number of pyridine rings is 1. The van der Waals surface area contributed by atoms with Crippen molar-refractivity contribution in [2.75, 3.05) is 12.4 Å². The van der Waals surface area contributed by atoms with Crippen LogP contribution in [-0.4, -0.2) is 22.0 Å². The van der Waals surface area contributed by atoms with Gasteiger partial charge in [0.1, 0.15) is 5.82 Å². The molecule has 2 heterocycles. The largest absolute Gasteiger partial charge is 0.436 e. The molecule has 0 aliphatic rings. The third kappa shape index (κ3) is 2.71. The van der Waals surface area contributed by atoms with Gasteiger partial charge in [0.05, 0.1) is 11.7 Å². The van der Waals surface area contributed by atoms with E-state index < -0.39 is 11.6 Å². The molecule has 0 saturated carbocycles. The third-order valence-electron chi connectivity index (χ3n) is 2.77. The van der Waals surface area contributed by atoms with Crippen molar-refractivity contribution in [3.63, 3.8) is 0 Å². The Hall–Kier alpha value is -2.83. The number of ether oxygens (including phenoxy) is 1. The molecule has 5 nitrogen and oxygen atoms in total. The first-order valence-corrected chi connectivity index (χ1v) is 6.09. The fourth-order valence-corrected chi connectivity index (χ4v) is 1.76. The van der Waals surface area contributed by atoms with E-state index >= 15 is 0 Å². The Morgan fingerprint density at radius 3 is 2.71 bits per heavy atom. The van der Waals surface area contributed by atoms with Crippen molar-refractivity contribution in [3.05, 3.63) is 48.3 Å². The molecule has 106 valence electrons. The molecular formula is C14H10F2N4O. The number of halogens is 2. The molecular weight excluding hydrogens is 278 g/mol. The molecule has 7 heteroatoms. The van der Waals surface area contributed by atoms with Crippen LogP contribution in [-0.2, 0) is 0 Å². The predicted molar refractivity (Wildman–Crippen MR) is 73.3 cm³/mol. The molecule has 1 N–H and O–H groups in total. The summed E-state index contributed by atoms with van der Waals surface area (Å²) in [6.07, 6.45) is 3.10. The van der Waals surface area contributed by atoms with Gasteiger partial charge >= 0.3 is 0 Å². The Labute approximate surface area is 118 Å². The van der Waals surface area contributed by atoms with Gasteiger partial charge in [0.25, 0.3) is 0 Å². The maximum absolute atomic E-state index is 13.5. The summed E-state index contributed by atoms with van der Waals surface area (Å²) >= 11 is 0. The van der Waals surface area contributed by atoms with E-state index in [1.807, 2.05) is 0 Å². The average molecular weight is 288 g/mol. The minimum atomic E-state index is -0.793. The normalized spacial score (nSPS) is 10.6. The maximum Gasteiger partial charge on any atom is 0.223 e. The van der Waals surface area contributed by atoms with Gasteiger partial charge in [0.15, 0.2) is 11.6 Å². The van der Waals surface area contributed by atoms with E-state index in [4.69, 9.17) is 4.74 Å². The lowest BCUT2D eigenvalue weighted by Crippen LogP contribution is -1.97. The first-order valence-electron chi connectivity index (χ1n) is 6.09. The lowest BCUT2D eigenvalue weighted by atomic mass is 10.3. The van der Waals surface area contributed by atoms with Crippen LogP contribution in [0.3, 0.4) is 0 Å². The Morgan fingerprint density at radius 1 is 1.10 bits per heavy atom. The highest BCUT2D eigenvalue weighted by Crippen LogP contribution is 2.25. The number of hydrogen-bond acceptors (Lipinski definition) is 5. The van der Waals surface area contributed by atoms with Gasteiger partial charge in [-0.05, 0) is 12.1 Å². The summed E-state index contributed by atoms with van der Waals surface area (Å²) in [6, 6.07) is 4.65. The monoisotopic (exact) mass is 288 g/mol. The molecule has 0 fully saturated rings. The van der Waals surface area contributed by atoms with Gasteiger partial charge < -0.3 is 10.1 Å². The molecule has 0 bridgehead atoms. The van der Waals surface area contributed by atoms with Gasteiger partial charge in [0.2, 0.25) is 11.8 Å². The second-order valence-corrected chi connectivity index (χ2v) is 4.20. The van der Waals surface area contributed by atoms with Crippen molar-refractivity contribution in [2.45, 2.75) is 0 Å². The zero-order valence-corrected chi connectivity index (χ0v) is 11.0. The van der Waals surface area contributed by atoms with Crippen LogP contribution >= 0.6 is 0 Å². The molecule has 0 radical (unpaired) electrons. The second-order valence-electron chi connectivity index (χ2n) is 4.20. The first kappa shape index (κ1) is 13.2. The number of fused-ring (bicyclic) bond motifs is 1. The Bertz CT molecular complexity index is 810. The molecule has 0 aliphatic heterocycles. The summed E-state index contributed by atoms with van der Waals surface area (Å²) in [7, 11) is 1.71. The molecule has 0 spiro atoms. The molecule has 0 aliphatic carbocycles. The molecule has 0 atom stereocenters. The number of nitrogens with zero attached hydrogens (tertiary/aromatic N) is 3. The van der Waals surface area contributed by atoms with Crippen molar-refractivity contribution in [1.82, 2.24) is 15.0 Å². The van der Waals surface area contributed by atoms with Gasteiger partial charge in [-0.2, -0.15) is 0 Å². The fourth-order valence-electron chi connectivity index (χ4n) is 1.76. The van der Waals surface area contributed by atoms with Gasteiger partial charge in [-0.25, -0.2) is 23.7 Å². The van der Waals surface area contributed by atoms with Crippen molar-refractivity contribution in [1.29, 1.82) is 0 Å². The number of hydrogen-bond donors (Lipinski definition) is 1. The quantitative estimate of drug-likeness (QED) is 0.802. The van der Waals surface area contributed by atoms with E-state index in [1.165, 1.54) is 12.3 Å². The van der Waals surface area contributed by atoms with E-state index in [-0.39, 0.29) is 11.6 Å². The fraction of sp³-hybridized carbons (Fsp3) is 0.0714. The van der Waals surface area contributed by atoms with Crippen molar-refractivity contribution in [3.8, 4) is 11.6 Å². The molecule has 21 heavy (non-hydrogen) atoms. The molecule has 3 rings (SSSR count). The zero-order chi connectivity index (χ0) is 14.8. The topological polar surface area (TPSA) is 59.9 Å². The molecule has 0 saturated heterocycles. The number of aromatic nitrogens is 3. The van der Waals surface area contributed by atoms with E-state index in [2.05, 4.69) is 20.3 Å². The van der Waals surface area contributed by atoms with Crippen LogP contribution in [0.1, 0.15) is 0 Å². The number of benzene rings is 1. The lowest BCUT2D eigenvalue weighted by molar-refractivity contribution is 0.424. The van der Waals surface area contributed by atoms with Gasteiger partial charge in [-0.3, -0.25) is 0 Å². The molecule has 3 aromatic rings. The lowest BCUT2D eigenvalue weighted by Gasteiger charge is -2.07. The van der Waals surface area contributed by atoms with Crippen LogP contribution in [0.15, 0.2) is 36.7 Å². The molecule has 1 aromatic carbocycles.